The zero-order chi connectivity index (χ0) is 32.5. The van der Waals surface area contributed by atoms with Gasteiger partial charge in [-0.25, -0.2) is 4.39 Å². The number of anilines is 2. The van der Waals surface area contributed by atoms with Crippen LogP contribution in [0.5, 0.6) is 11.5 Å². The van der Waals surface area contributed by atoms with E-state index in [1.807, 2.05) is 36.4 Å². The van der Waals surface area contributed by atoms with E-state index in [2.05, 4.69) is 46.1 Å². The Bertz CT molecular complexity index is 2120. The molecule has 0 fully saturated rings. The van der Waals surface area contributed by atoms with E-state index >= 15 is 0 Å². The Balaban J connectivity index is 0.000000150. The number of rotatable bonds is 3. The fourth-order valence-electron chi connectivity index (χ4n) is 6.74. The van der Waals surface area contributed by atoms with E-state index in [0.717, 1.165) is 47.7 Å². The number of carbonyl (C=O) groups is 1. The van der Waals surface area contributed by atoms with E-state index in [0.29, 0.717) is 41.5 Å². The molecule has 1 amide bonds. The molecule has 7 nitrogen and oxygen atoms in total. The lowest BCUT2D eigenvalue weighted by Crippen LogP contribution is -2.36. The number of pyridine rings is 2. The van der Waals surface area contributed by atoms with Crippen molar-refractivity contribution in [2.45, 2.75) is 38.6 Å². The summed E-state index contributed by atoms with van der Waals surface area (Å²) in [6.45, 7) is 4.43. The normalized spacial score (nSPS) is 15.5. The van der Waals surface area contributed by atoms with Gasteiger partial charge in [-0.1, -0.05) is 67.6 Å². The van der Waals surface area contributed by atoms with Crippen molar-refractivity contribution in [1.29, 1.82) is 0 Å². The lowest BCUT2D eigenvalue weighted by Gasteiger charge is -2.34. The molecular formula is C39H35FN4O3. The molecule has 2 aliphatic rings. The van der Waals surface area contributed by atoms with E-state index in [1.54, 1.807) is 36.7 Å². The summed E-state index contributed by atoms with van der Waals surface area (Å²) in [5.74, 6) is -0.0971. The molecule has 47 heavy (non-hydrogen) atoms. The Kier molecular flexibility index (Phi) is 8.16. The number of nitrogens with zero attached hydrogens (tertiary/aromatic N) is 4. The Morgan fingerprint density at radius 3 is 2.34 bits per heavy atom. The van der Waals surface area contributed by atoms with Gasteiger partial charge in [0, 0.05) is 54.1 Å². The number of hydrogen-bond acceptors (Lipinski definition) is 6. The highest BCUT2D eigenvalue weighted by Gasteiger charge is 2.28. The van der Waals surface area contributed by atoms with Gasteiger partial charge < -0.3 is 20.0 Å². The van der Waals surface area contributed by atoms with Gasteiger partial charge in [-0.05, 0) is 66.6 Å². The Morgan fingerprint density at radius 1 is 0.830 bits per heavy atom. The summed E-state index contributed by atoms with van der Waals surface area (Å²) in [6.07, 6.45) is 5.93. The van der Waals surface area contributed by atoms with Crippen molar-refractivity contribution >= 4 is 39.1 Å². The molecule has 0 aliphatic carbocycles. The number of halogens is 1. The monoisotopic (exact) mass is 626 g/mol. The van der Waals surface area contributed by atoms with Crippen LogP contribution in [-0.2, 0) is 13.0 Å². The number of carbonyl (C=O) groups excluding carboxylic acids is 1. The molecule has 2 N–H and O–H groups in total. The van der Waals surface area contributed by atoms with Crippen molar-refractivity contribution in [1.82, 2.24) is 9.97 Å². The maximum atomic E-state index is 14.3. The van der Waals surface area contributed by atoms with E-state index in [9.17, 15) is 19.4 Å². The SMILES string of the molecule is CC1CCN(Cc2ccc3cccnc3c2O)c2ccccc21.O=C(c1ccc2cccnc2c1O)N1CCCc2cccc(F)c21. The molecule has 0 saturated carbocycles. The Labute approximate surface area is 272 Å². The highest BCUT2D eigenvalue weighted by Crippen LogP contribution is 2.38. The summed E-state index contributed by atoms with van der Waals surface area (Å²) in [5, 5.41) is 22.8. The van der Waals surface area contributed by atoms with E-state index in [4.69, 9.17) is 0 Å². The number of phenols is 2. The Hall–Kier alpha value is -5.50. The molecule has 4 heterocycles. The molecule has 0 bridgehead atoms. The molecule has 0 saturated heterocycles. The lowest BCUT2D eigenvalue weighted by molar-refractivity contribution is 0.0981. The largest absolute Gasteiger partial charge is 0.505 e. The van der Waals surface area contributed by atoms with Crippen molar-refractivity contribution < 1.29 is 19.4 Å². The maximum Gasteiger partial charge on any atom is 0.262 e. The van der Waals surface area contributed by atoms with E-state index in [-0.39, 0.29) is 11.3 Å². The third kappa shape index (κ3) is 5.71. The van der Waals surface area contributed by atoms with E-state index < -0.39 is 11.7 Å². The predicted octanol–water partition coefficient (Wildman–Crippen LogP) is 8.13. The smallest absolute Gasteiger partial charge is 0.262 e. The fraction of sp³-hybridized carbons (Fsp3) is 0.205. The van der Waals surface area contributed by atoms with Gasteiger partial charge in [0.2, 0.25) is 0 Å². The predicted molar refractivity (Wildman–Crippen MR) is 184 cm³/mol. The third-order valence-electron chi connectivity index (χ3n) is 9.22. The highest BCUT2D eigenvalue weighted by molar-refractivity contribution is 6.11. The molecule has 1 unspecified atom stereocenters. The summed E-state index contributed by atoms with van der Waals surface area (Å²) < 4.78 is 14.3. The third-order valence-corrected chi connectivity index (χ3v) is 9.22. The number of aromatic hydroxyl groups is 2. The van der Waals surface area contributed by atoms with Crippen molar-refractivity contribution in [2.75, 3.05) is 22.9 Å². The van der Waals surface area contributed by atoms with Crippen LogP contribution in [-0.4, -0.2) is 39.2 Å². The molecule has 8 rings (SSSR count). The van der Waals surface area contributed by atoms with Crippen LogP contribution in [0.1, 0.15) is 52.7 Å². The number of hydrogen-bond donors (Lipinski definition) is 2. The second-order valence-corrected chi connectivity index (χ2v) is 12.2. The van der Waals surface area contributed by atoms with Crippen LogP contribution in [0.15, 0.2) is 103 Å². The molecule has 2 aliphatic heterocycles. The second kappa shape index (κ2) is 12.7. The summed E-state index contributed by atoms with van der Waals surface area (Å²) in [5.41, 5.74) is 5.93. The highest BCUT2D eigenvalue weighted by atomic mass is 19.1. The molecule has 0 radical (unpaired) electrons. The topological polar surface area (TPSA) is 89.8 Å². The summed E-state index contributed by atoms with van der Waals surface area (Å²) in [7, 11) is 0. The molecule has 2 aromatic heterocycles. The Morgan fingerprint density at radius 2 is 1.55 bits per heavy atom. The molecule has 6 aromatic rings. The first-order valence-electron chi connectivity index (χ1n) is 16.0. The van der Waals surface area contributed by atoms with Gasteiger partial charge in [-0.2, -0.15) is 0 Å². The number of aromatic nitrogens is 2. The molecule has 8 heteroatoms. The van der Waals surface area contributed by atoms with E-state index in [1.165, 1.54) is 22.2 Å². The van der Waals surface area contributed by atoms with Gasteiger partial charge in [0.15, 0.2) is 5.75 Å². The molecule has 1 atom stereocenters. The van der Waals surface area contributed by atoms with Crippen molar-refractivity contribution in [3.8, 4) is 11.5 Å². The average molecular weight is 627 g/mol. The van der Waals surface area contributed by atoms with Gasteiger partial charge in [0.05, 0.1) is 11.3 Å². The molecule has 0 spiro atoms. The summed E-state index contributed by atoms with van der Waals surface area (Å²) in [4.78, 5) is 25.2. The van der Waals surface area contributed by atoms with Crippen LogP contribution >= 0.6 is 0 Å². The van der Waals surface area contributed by atoms with Crippen molar-refractivity contribution in [3.05, 3.63) is 131 Å². The van der Waals surface area contributed by atoms with Gasteiger partial charge in [0.1, 0.15) is 22.6 Å². The average Bonchev–Trinajstić information content (AvgIpc) is 3.11. The minimum atomic E-state index is -0.418. The molecule has 236 valence electrons. The zero-order valence-electron chi connectivity index (χ0n) is 26.1. The number of phenolic OH excluding ortho intramolecular Hbond substituents is 2. The first-order chi connectivity index (χ1) is 22.9. The van der Waals surface area contributed by atoms with Gasteiger partial charge in [-0.15, -0.1) is 0 Å². The van der Waals surface area contributed by atoms with Crippen LogP contribution < -0.4 is 9.80 Å². The number of amides is 1. The van der Waals surface area contributed by atoms with Gasteiger partial charge in [-0.3, -0.25) is 14.8 Å². The fourth-order valence-corrected chi connectivity index (χ4v) is 6.74. The summed E-state index contributed by atoms with van der Waals surface area (Å²) in [6, 6.07) is 28.2. The standard InChI is InChI=1S/C20H20N2O.C19H15FN2O2/c1-14-10-12-22(18-7-3-2-6-17(14)18)13-16-9-8-15-5-4-11-21-19(15)20(16)23;20-15-7-1-4-13-6-3-11-22(17(13)15)19(24)14-9-8-12-5-2-10-21-16(12)18(14)23/h2-9,11,14,23H,10,12-13H2,1H3;1-2,4-5,7-10,23H,3,6,11H2. The minimum absolute atomic E-state index is 0.136. The van der Waals surface area contributed by atoms with Crippen LogP contribution in [0.2, 0.25) is 0 Å². The quantitative estimate of drug-likeness (QED) is 0.206. The number of fused-ring (bicyclic) bond motifs is 4. The lowest BCUT2D eigenvalue weighted by atomic mass is 9.91. The maximum absolute atomic E-state index is 14.3. The minimum Gasteiger partial charge on any atom is -0.505 e. The van der Waals surface area contributed by atoms with Crippen molar-refractivity contribution in [3.63, 3.8) is 0 Å². The van der Waals surface area contributed by atoms with Gasteiger partial charge in [0.25, 0.3) is 5.91 Å². The van der Waals surface area contributed by atoms with Gasteiger partial charge >= 0.3 is 0 Å². The van der Waals surface area contributed by atoms with Crippen LogP contribution in [0.3, 0.4) is 0 Å². The first-order valence-corrected chi connectivity index (χ1v) is 16.0. The zero-order valence-corrected chi connectivity index (χ0v) is 26.1. The molecule has 4 aromatic carbocycles. The molecular weight excluding hydrogens is 591 g/mol. The van der Waals surface area contributed by atoms with Crippen LogP contribution in [0.25, 0.3) is 21.8 Å². The van der Waals surface area contributed by atoms with Crippen LogP contribution in [0, 0.1) is 5.82 Å². The number of benzene rings is 4. The summed E-state index contributed by atoms with van der Waals surface area (Å²) >= 11 is 0. The van der Waals surface area contributed by atoms with Crippen molar-refractivity contribution in [2.24, 2.45) is 0 Å². The van der Waals surface area contributed by atoms with Crippen LogP contribution in [0.4, 0.5) is 15.8 Å². The number of para-hydroxylation sites is 2. The second-order valence-electron chi connectivity index (χ2n) is 12.2. The number of aryl methyl sites for hydroxylation is 1. The first kappa shape index (κ1) is 30.2.